The molecule has 6 nitrogen and oxygen atoms in total. The minimum atomic E-state index is -0.527. The lowest BCUT2D eigenvalue weighted by Crippen LogP contribution is -2.26. The zero-order valence-corrected chi connectivity index (χ0v) is 17.8. The fourth-order valence-corrected chi connectivity index (χ4v) is 4.74. The van der Waals surface area contributed by atoms with Crippen molar-refractivity contribution in [2.24, 2.45) is 0 Å². The molecule has 0 fully saturated rings. The molecule has 5 rings (SSSR count). The smallest absolute Gasteiger partial charge is 0.288 e. The third kappa shape index (κ3) is 3.63. The lowest BCUT2D eigenvalue weighted by Gasteiger charge is -2.30. The van der Waals surface area contributed by atoms with E-state index in [4.69, 9.17) is 11.6 Å². The van der Waals surface area contributed by atoms with Crippen molar-refractivity contribution >= 4 is 34.4 Å². The van der Waals surface area contributed by atoms with Gasteiger partial charge >= 0.3 is 0 Å². The lowest BCUT2D eigenvalue weighted by molar-refractivity contribution is -0.384. The highest BCUT2D eigenvalue weighted by Gasteiger charge is 2.36. The third-order valence-corrected chi connectivity index (χ3v) is 6.40. The maximum atomic E-state index is 13.5. The van der Waals surface area contributed by atoms with E-state index in [0.29, 0.717) is 24.0 Å². The van der Waals surface area contributed by atoms with Gasteiger partial charge < -0.3 is 10.6 Å². The van der Waals surface area contributed by atoms with E-state index in [1.54, 1.807) is 6.07 Å². The van der Waals surface area contributed by atoms with Gasteiger partial charge in [0.15, 0.2) is 5.78 Å². The molecule has 0 unspecified atom stereocenters. The van der Waals surface area contributed by atoms with Crippen LogP contribution in [0, 0.1) is 10.1 Å². The van der Waals surface area contributed by atoms with Crippen molar-refractivity contribution in [2.45, 2.75) is 24.8 Å². The molecule has 2 atom stereocenters. The van der Waals surface area contributed by atoms with Crippen molar-refractivity contribution in [3.8, 4) is 0 Å². The summed E-state index contributed by atoms with van der Waals surface area (Å²) in [4.78, 5) is 24.5. The Hall–Kier alpha value is -3.64. The quantitative estimate of drug-likeness (QED) is 0.369. The van der Waals surface area contributed by atoms with Crippen LogP contribution < -0.4 is 10.6 Å². The van der Waals surface area contributed by atoms with E-state index >= 15 is 0 Å². The van der Waals surface area contributed by atoms with Crippen LogP contribution in [0.1, 0.15) is 35.9 Å². The summed E-state index contributed by atoms with van der Waals surface area (Å²) in [5.41, 5.74) is 4.72. The fourth-order valence-electron chi connectivity index (χ4n) is 4.55. The third-order valence-electron chi connectivity index (χ3n) is 6.08. The molecule has 1 aliphatic heterocycles. The second kappa shape index (κ2) is 8.13. The molecule has 32 heavy (non-hydrogen) atoms. The summed E-state index contributed by atoms with van der Waals surface area (Å²) < 4.78 is 0. The normalized spacial score (nSPS) is 19.8. The minimum absolute atomic E-state index is 0.0236. The number of hydrogen-bond acceptors (Lipinski definition) is 5. The number of anilines is 2. The van der Waals surface area contributed by atoms with Gasteiger partial charge in [-0.3, -0.25) is 14.9 Å². The Balaban J connectivity index is 1.64. The molecule has 1 heterocycles. The molecule has 160 valence electrons. The lowest BCUT2D eigenvalue weighted by atomic mass is 9.78. The Kier molecular flexibility index (Phi) is 5.15. The van der Waals surface area contributed by atoms with E-state index in [2.05, 4.69) is 10.6 Å². The topological polar surface area (TPSA) is 84.3 Å². The Morgan fingerprint density at radius 3 is 2.38 bits per heavy atom. The van der Waals surface area contributed by atoms with Gasteiger partial charge in [0.05, 0.1) is 22.3 Å². The second-order valence-corrected chi connectivity index (χ2v) is 8.45. The van der Waals surface area contributed by atoms with E-state index in [9.17, 15) is 14.9 Å². The summed E-state index contributed by atoms with van der Waals surface area (Å²) in [7, 11) is 0. The summed E-state index contributed by atoms with van der Waals surface area (Å²) in [5, 5.41) is 18.5. The number of nitro benzene ring substituents is 1. The highest BCUT2D eigenvalue weighted by molar-refractivity contribution is 6.32. The Morgan fingerprint density at radius 1 is 0.906 bits per heavy atom. The van der Waals surface area contributed by atoms with Crippen molar-refractivity contribution in [3.63, 3.8) is 0 Å². The molecule has 2 N–H and O–H groups in total. The zero-order valence-electron chi connectivity index (χ0n) is 17.0. The van der Waals surface area contributed by atoms with Gasteiger partial charge in [-0.25, -0.2) is 0 Å². The first-order valence-corrected chi connectivity index (χ1v) is 10.8. The van der Waals surface area contributed by atoms with Gasteiger partial charge in [0.25, 0.3) is 5.69 Å². The molecule has 1 aliphatic carbocycles. The number of halogens is 1. The molecule has 0 amide bonds. The van der Waals surface area contributed by atoms with Crippen LogP contribution in [0.25, 0.3) is 0 Å². The summed E-state index contributed by atoms with van der Waals surface area (Å²) in [6.07, 6.45) is 1.06. The summed E-state index contributed by atoms with van der Waals surface area (Å²) >= 11 is 6.04. The number of nitrogens with zero attached hydrogens (tertiary/aromatic N) is 1. The van der Waals surface area contributed by atoms with Crippen molar-refractivity contribution in [3.05, 3.63) is 110 Å². The van der Waals surface area contributed by atoms with E-state index in [1.165, 1.54) is 12.1 Å². The maximum absolute atomic E-state index is 13.5. The van der Waals surface area contributed by atoms with Crippen molar-refractivity contribution in [1.29, 1.82) is 0 Å². The number of benzene rings is 3. The molecule has 2 aliphatic rings. The Bertz CT molecular complexity index is 1260. The molecule has 3 aromatic carbocycles. The Morgan fingerprint density at radius 2 is 1.62 bits per heavy atom. The summed E-state index contributed by atoms with van der Waals surface area (Å²) in [6.45, 7) is 0. The largest absolute Gasteiger partial charge is 0.372 e. The van der Waals surface area contributed by atoms with E-state index in [-0.39, 0.29) is 22.4 Å². The predicted molar refractivity (Wildman–Crippen MR) is 125 cm³/mol. The van der Waals surface area contributed by atoms with Crippen molar-refractivity contribution in [1.82, 2.24) is 0 Å². The van der Waals surface area contributed by atoms with E-state index in [0.717, 1.165) is 22.6 Å². The number of carbonyl (C=O) groups is 1. The van der Waals surface area contributed by atoms with Crippen LogP contribution in [-0.4, -0.2) is 10.7 Å². The zero-order chi connectivity index (χ0) is 22.2. The number of allylic oxidation sites excluding steroid dienone is 1. The van der Waals surface area contributed by atoms with Gasteiger partial charge in [0, 0.05) is 23.8 Å². The summed E-state index contributed by atoms with van der Waals surface area (Å²) in [6, 6.07) is 21.9. The first kappa shape index (κ1) is 20.3. The number of nitrogens with one attached hydrogen (secondary N) is 2. The van der Waals surface area contributed by atoms with Gasteiger partial charge in [-0.05, 0) is 41.7 Å². The van der Waals surface area contributed by atoms with E-state index in [1.807, 2.05) is 54.6 Å². The van der Waals surface area contributed by atoms with Gasteiger partial charge in [0.1, 0.15) is 5.02 Å². The number of nitro groups is 1. The molecule has 3 aromatic rings. The number of para-hydroxylation sites is 2. The van der Waals surface area contributed by atoms with Crippen LogP contribution in [0.5, 0.6) is 0 Å². The standard InChI is InChI=1S/C25H20ClN3O3/c26-18-11-10-16(13-22(18)29(31)32)25-24-21(27-19-8-4-5-9-20(19)28-25)12-17(14-23(24)30)15-6-2-1-3-7-15/h1-11,13,17,25,27-28H,12,14H2/t17-,25+/m0/s1. The number of fused-ring (bicyclic) bond motifs is 1. The number of ketones is 1. The summed E-state index contributed by atoms with van der Waals surface area (Å²) in [5.74, 6) is 0.0935. The van der Waals surface area contributed by atoms with Crippen LogP contribution >= 0.6 is 11.6 Å². The number of carbonyl (C=O) groups excluding carboxylic acids is 1. The molecular weight excluding hydrogens is 426 g/mol. The highest BCUT2D eigenvalue weighted by atomic mass is 35.5. The molecule has 0 bridgehead atoms. The van der Waals surface area contributed by atoms with Crippen LogP contribution in [0.4, 0.5) is 17.1 Å². The van der Waals surface area contributed by atoms with Crippen LogP contribution in [0.3, 0.4) is 0 Å². The maximum Gasteiger partial charge on any atom is 0.288 e. The van der Waals surface area contributed by atoms with Crippen molar-refractivity contribution < 1.29 is 9.72 Å². The number of Topliss-reactive ketones (excluding diaryl/α,β-unsaturated/α-hetero) is 1. The van der Waals surface area contributed by atoms with Gasteiger partial charge in [0.2, 0.25) is 0 Å². The average molecular weight is 446 g/mol. The molecule has 0 spiro atoms. The number of rotatable bonds is 3. The van der Waals surface area contributed by atoms with Crippen LogP contribution in [-0.2, 0) is 4.79 Å². The number of hydrogen-bond donors (Lipinski definition) is 2. The molecule has 0 saturated heterocycles. The average Bonchev–Trinajstić information content (AvgIpc) is 2.96. The van der Waals surface area contributed by atoms with Gasteiger partial charge in [-0.1, -0.05) is 60.1 Å². The fraction of sp³-hybridized carbons (Fsp3) is 0.160. The van der Waals surface area contributed by atoms with Crippen LogP contribution in [0.2, 0.25) is 5.02 Å². The molecule has 0 radical (unpaired) electrons. The highest BCUT2D eigenvalue weighted by Crippen LogP contribution is 2.44. The minimum Gasteiger partial charge on any atom is -0.372 e. The van der Waals surface area contributed by atoms with Gasteiger partial charge in [-0.2, -0.15) is 0 Å². The molecule has 0 aromatic heterocycles. The second-order valence-electron chi connectivity index (χ2n) is 8.05. The van der Waals surface area contributed by atoms with Gasteiger partial charge in [-0.15, -0.1) is 0 Å². The monoisotopic (exact) mass is 445 g/mol. The first-order valence-electron chi connectivity index (χ1n) is 10.4. The van der Waals surface area contributed by atoms with Crippen molar-refractivity contribution in [2.75, 3.05) is 10.6 Å². The SMILES string of the molecule is O=C1C[C@@H](c2ccccc2)CC2=C1[C@@H](c1ccc(Cl)c([N+](=O)[O-])c1)Nc1ccccc1N2. The molecular formula is C25H20ClN3O3. The van der Waals surface area contributed by atoms with Crippen LogP contribution in [0.15, 0.2) is 84.1 Å². The van der Waals surface area contributed by atoms with E-state index < -0.39 is 11.0 Å². The molecule has 0 saturated carbocycles. The predicted octanol–water partition coefficient (Wildman–Crippen LogP) is 6.23. The molecule has 7 heteroatoms. The first-order chi connectivity index (χ1) is 15.5. The Labute approximate surface area is 190 Å².